The third-order valence-electron chi connectivity index (χ3n) is 1.97. The first-order valence-electron chi connectivity index (χ1n) is 5.01. The molecular weight excluding hydrogens is 311 g/mol. The van der Waals surface area contributed by atoms with Crippen LogP contribution in [-0.2, 0) is 6.42 Å². The Morgan fingerprint density at radius 2 is 2.28 bits per heavy atom. The molecule has 18 heavy (non-hydrogen) atoms. The van der Waals surface area contributed by atoms with Crippen LogP contribution in [0.3, 0.4) is 0 Å². The van der Waals surface area contributed by atoms with Gasteiger partial charge >= 0.3 is 0 Å². The Balaban J connectivity index is 2.72. The van der Waals surface area contributed by atoms with E-state index in [0.717, 1.165) is 6.20 Å². The van der Waals surface area contributed by atoms with Crippen LogP contribution in [0.1, 0.15) is 5.69 Å². The maximum absolute atomic E-state index is 12.8. The zero-order valence-electron chi connectivity index (χ0n) is 9.28. The van der Waals surface area contributed by atoms with Crippen molar-refractivity contribution in [1.82, 2.24) is 4.98 Å². The number of nitrogens with zero attached hydrogens (tertiary/aromatic N) is 2. The van der Waals surface area contributed by atoms with E-state index in [1.807, 2.05) is 0 Å². The zero-order valence-corrected chi connectivity index (χ0v) is 10.9. The minimum atomic E-state index is -2.49. The molecule has 0 aromatic carbocycles. The fourth-order valence-electron chi connectivity index (χ4n) is 1.16. The summed E-state index contributed by atoms with van der Waals surface area (Å²) in [5, 5.41) is 0. The van der Waals surface area contributed by atoms with Gasteiger partial charge in [-0.05, 0) is 33.8 Å². The van der Waals surface area contributed by atoms with E-state index in [1.54, 1.807) is 0 Å². The number of hydrogen-bond acceptors (Lipinski definition) is 3. The summed E-state index contributed by atoms with van der Waals surface area (Å²) in [7, 11) is 0. The van der Waals surface area contributed by atoms with Crippen LogP contribution >= 0.6 is 15.9 Å². The molecule has 0 aliphatic carbocycles. The molecule has 0 bridgehead atoms. The van der Waals surface area contributed by atoms with Gasteiger partial charge < -0.3 is 5.73 Å². The molecule has 7 heteroatoms. The molecule has 0 aliphatic rings. The monoisotopic (exact) mass is 321 g/mol. The first kappa shape index (κ1) is 14.7. The molecule has 0 aliphatic heterocycles. The van der Waals surface area contributed by atoms with E-state index in [0.29, 0.717) is 15.7 Å². The lowest BCUT2D eigenvalue weighted by Gasteiger charge is -2.04. The Labute approximate surface area is 111 Å². The van der Waals surface area contributed by atoms with Crippen molar-refractivity contribution < 1.29 is 13.2 Å². The van der Waals surface area contributed by atoms with Gasteiger partial charge in [-0.3, -0.25) is 9.98 Å². The van der Waals surface area contributed by atoms with Gasteiger partial charge in [0.15, 0.2) is 0 Å². The van der Waals surface area contributed by atoms with Crippen LogP contribution < -0.4 is 5.73 Å². The fourth-order valence-corrected chi connectivity index (χ4v) is 1.62. The maximum Gasteiger partial charge on any atom is 0.257 e. The number of hydrogen-bond donors (Lipinski definition) is 1. The normalized spacial score (nSPS) is 12.6. The average Bonchev–Trinajstić information content (AvgIpc) is 2.30. The molecule has 0 atom stereocenters. The van der Waals surface area contributed by atoms with Crippen LogP contribution in [0.25, 0.3) is 0 Å². The molecule has 98 valence electrons. The predicted octanol–water partition coefficient (Wildman–Crippen LogP) is 2.70. The van der Waals surface area contributed by atoms with Crippen molar-refractivity contribution in [3.05, 3.63) is 40.0 Å². The zero-order chi connectivity index (χ0) is 13.5. The summed E-state index contributed by atoms with van der Waals surface area (Å²) in [6.07, 6.45) is 1.39. The van der Waals surface area contributed by atoms with E-state index < -0.39 is 18.8 Å². The van der Waals surface area contributed by atoms with Gasteiger partial charge in [0.2, 0.25) is 0 Å². The quantitative estimate of drug-likeness (QED) is 0.848. The Bertz CT molecular complexity index is 461. The number of halogens is 4. The van der Waals surface area contributed by atoms with Gasteiger partial charge in [0, 0.05) is 17.1 Å². The molecule has 2 N–H and O–H groups in total. The molecule has 1 heterocycles. The van der Waals surface area contributed by atoms with Crippen molar-refractivity contribution in [2.24, 2.45) is 10.7 Å². The molecule has 0 spiro atoms. The van der Waals surface area contributed by atoms with E-state index in [9.17, 15) is 13.2 Å². The van der Waals surface area contributed by atoms with Crippen molar-refractivity contribution in [3.8, 4) is 0 Å². The van der Waals surface area contributed by atoms with Crippen molar-refractivity contribution in [1.29, 1.82) is 0 Å². The van der Waals surface area contributed by atoms with Crippen LogP contribution in [0.5, 0.6) is 0 Å². The van der Waals surface area contributed by atoms with Crippen molar-refractivity contribution in [2.75, 3.05) is 6.54 Å². The molecular formula is C11H11BrF3N3. The van der Waals surface area contributed by atoms with Crippen molar-refractivity contribution in [2.45, 2.75) is 12.8 Å². The second-order valence-corrected chi connectivity index (χ2v) is 4.24. The van der Waals surface area contributed by atoms with Gasteiger partial charge in [-0.1, -0.05) is 0 Å². The number of pyridine rings is 1. The van der Waals surface area contributed by atoms with Crippen molar-refractivity contribution in [3.63, 3.8) is 0 Å². The Morgan fingerprint density at radius 3 is 2.83 bits per heavy atom. The number of aromatic nitrogens is 1. The van der Waals surface area contributed by atoms with Gasteiger partial charge in [0.25, 0.3) is 6.43 Å². The standard InChI is InChI=1S/C11H11BrF3N3/c12-9-2-8(13)5-18-10(9)1-7(3-16)4-17-6-11(14)15/h2-5,11H,1,6,16H2. The van der Waals surface area contributed by atoms with Crippen LogP contribution in [0.15, 0.2) is 33.5 Å². The Morgan fingerprint density at radius 1 is 1.56 bits per heavy atom. The Hall–Kier alpha value is -1.37. The topological polar surface area (TPSA) is 51.3 Å². The van der Waals surface area contributed by atoms with Gasteiger partial charge in [0.05, 0.1) is 18.4 Å². The van der Waals surface area contributed by atoms with E-state index in [-0.39, 0.29) is 6.42 Å². The predicted molar refractivity (Wildman–Crippen MR) is 67.2 cm³/mol. The summed E-state index contributed by atoms with van der Waals surface area (Å²) < 4.78 is 37.1. The highest BCUT2D eigenvalue weighted by Gasteiger charge is 2.06. The number of alkyl halides is 2. The second kappa shape index (κ2) is 7.15. The van der Waals surface area contributed by atoms with Crippen LogP contribution in [0.4, 0.5) is 13.2 Å². The van der Waals surface area contributed by atoms with Crippen LogP contribution in [-0.4, -0.2) is 24.2 Å². The SMILES string of the molecule is NC=C(C=NCC(F)F)Cc1ncc(F)cc1Br. The highest BCUT2D eigenvalue weighted by Crippen LogP contribution is 2.17. The first-order valence-corrected chi connectivity index (χ1v) is 5.81. The van der Waals surface area contributed by atoms with Gasteiger partial charge in [-0.25, -0.2) is 13.2 Å². The highest BCUT2D eigenvalue weighted by molar-refractivity contribution is 9.10. The maximum atomic E-state index is 12.8. The van der Waals surface area contributed by atoms with E-state index in [2.05, 4.69) is 25.9 Å². The molecule has 0 amide bonds. The van der Waals surface area contributed by atoms with E-state index in [4.69, 9.17) is 5.73 Å². The van der Waals surface area contributed by atoms with Gasteiger partial charge in [0.1, 0.15) is 5.82 Å². The molecule has 1 rings (SSSR count). The Kier molecular flexibility index (Phi) is 5.84. The smallest absolute Gasteiger partial charge is 0.257 e. The third-order valence-corrected chi connectivity index (χ3v) is 2.66. The molecule has 0 saturated carbocycles. The molecule has 0 saturated heterocycles. The van der Waals surface area contributed by atoms with E-state index >= 15 is 0 Å². The highest BCUT2D eigenvalue weighted by atomic mass is 79.9. The lowest BCUT2D eigenvalue weighted by atomic mass is 10.1. The third kappa shape index (κ3) is 4.87. The first-order chi connectivity index (χ1) is 8.52. The number of nitrogens with two attached hydrogens (primary N) is 1. The number of rotatable bonds is 5. The molecule has 3 nitrogen and oxygen atoms in total. The van der Waals surface area contributed by atoms with Gasteiger partial charge in [-0.2, -0.15) is 0 Å². The number of aliphatic imine (C=N–C) groups is 1. The molecule has 0 radical (unpaired) electrons. The molecule has 0 unspecified atom stereocenters. The molecule has 1 aromatic rings. The minimum Gasteiger partial charge on any atom is -0.404 e. The van der Waals surface area contributed by atoms with Crippen LogP contribution in [0.2, 0.25) is 0 Å². The molecule has 1 aromatic heterocycles. The summed E-state index contributed by atoms with van der Waals surface area (Å²) in [6.45, 7) is -0.574. The summed E-state index contributed by atoms with van der Waals surface area (Å²) in [5.41, 5.74) is 6.44. The van der Waals surface area contributed by atoms with Crippen molar-refractivity contribution >= 4 is 22.1 Å². The van der Waals surface area contributed by atoms with Crippen LogP contribution in [0, 0.1) is 5.82 Å². The average molecular weight is 322 g/mol. The minimum absolute atomic E-state index is 0.282. The summed E-state index contributed by atoms with van der Waals surface area (Å²) in [6, 6.07) is 1.27. The summed E-state index contributed by atoms with van der Waals surface area (Å²) in [5.74, 6) is -0.463. The lowest BCUT2D eigenvalue weighted by molar-refractivity contribution is 0.159. The van der Waals surface area contributed by atoms with Gasteiger partial charge in [-0.15, -0.1) is 0 Å². The molecule has 0 fully saturated rings. The summed E-state index contributed by atoms with van der Waals surface area (Å²) >= 11 is 3.16. The summed E-state index contributed by atoms with van der Waals surface area (Å²) in [4.78, 5) is 7.43. The second-order valence-electron chi connectivity index (χ2n) is 3.39. The number of allylic oxidation sites excluding steroid dienone is 1. The fraction of sp³-hybridized carbons (Fsp3) is 0.273. The lowest BCUT2D eigenvalue weighted by Crippen LogP contribution is -2.02. The largest absolute Gasteiger partial charge is 0.404 e. The van der Waals surface area contributed by atoms with E-state index in [1.165, 1.54) is 18.5 Å².